The van der Waals surface area contributed by atoms with E-state index in [4.69, 9.17) is 11.6 Å². The van der Waals surface area contributed by atoms with Crippen LogP contribution in [-0.4, -0.2) is 51.5 Å². The standard InChI is InChI=1S/C15H17ClFN5O/c1-10-8-21(11-3-4-12(16)13(17)7-11)5-6-22(10)15(23)14-9-20(2)19-18-14/h3-4,7,9-10H,5-6,8H2,1-2H3. The zero-order valence-electron chi connectivity index (χ0n) is 12.9. The highest BCUT2D eigenvalue weighted by atomic mass is 35.5. The van der Waals surface area contributed by atoms with Crippen LogP contribution in [0.2, 0.25) is 5.02 Å². The van der Waals surface area contributed by atoms with E-state index in [9.17, 15) is 9.18 Å². The first-order chi connectivity index (χ1) is 11.0. The Balaban J connectivity index is 1.72. The van der Waals surface area contributed by atoms with Crippen molar-refractivity contribution in [2.45, 2.75) is 13.0 Å². The van der Waals surface area contributed by atoms with Gasteiger partial charge in [0, 0.05) is 38.4 Å². The summed E-state index contributed by atoms with van der Waals surface area (Å²) in [7, 11) is 1.72. The average Bonchev–Trinajstić information content (AvgIpc) is 2.96. The number of aromatic nitrogens is 3. The van der Waals surface area contributed by atoms with Gasteiger partial charge in [-0.1, -0.05) is 16.8 Å². The monoisotopic (exact) mass is 337 g/mol. The van der Waals surface area contributed by atoms with E-state index in [0.717, 1.165) is 5.69 Å². The first kappa shape index (κ1) is 15.7. The van der Waals surface area contributed by atoms with E-state index >= 15 is 0 Å². The Hall–Kier alpha value is -2.15. The highest BCUT2D eigenvalue weighted by Gasteiger charge is 2.29. The number of nitrogens with zero attached hydrogens (tertiary/aromatic N) is 5. The second-order valence-electron chi connectivity index (χ2n) is 5.67. The summed E-state index contributed by atoms with van der Waals surface area (Å²) in [6, 6.07) is 4.75. The van der Waals surface area contributed by atoms with Crippen LogP contribution in [0, 0.1) is 5.82 Å². The second-order valence-corrected chi connectivity index (χ2v) is 6.08. The summed E-state index contributed by atoms with van der Waals surface area (Å²) in [4.78, 5) is 16.3. The molecule has 0 radical (unpaired) electrons. The first-order valence-electron chi connectivity index (χ1n) is 7.33. The van der Waals surface area contributed by atoms with Crippen molar-refractivity contribution in [3.8, 4) is 0 Å². The van der Waals surface area contributed by atoms with Crippen LogP contribution < -0.4 is 4.90 Å². The van der Waals surface area contributed by atoms with Crippen molar-refractivity contribution in [1.29, 1.82) is 0 Å². The molecule has 0 saturated carbocycles. The molecule has 1 atom stereocenters. The number of halogens is 2. The molecule has 6 nitrogen and oxygen atoms in total. The largest absolute Gasteiger partial charge is 0.368 e. The number of rotatable bonds is 2. The highest BCUT2D eigenvalue weighted by Crippen LogP contribution is 2.24. The Kier molecular flexibility index (Phi) is 4.21. The summed E-state index contributed by atoms with van der Waals surface area (Å²) in [6.45, 7) is 3.75. The number of carbonyl (C=O) groups excluding carboxylic acids is 1. The van der Waals surface area contributed by atoms with Crippen LogP contribution in [0.25, 0.3) is 0 Å². The van der Waals surface area contributed by atoms with E-state index in [1.54, 1.807) is 30.3 Å². The molecule has 3 rings (SSSR count). The highest BCUT2D eigenvalue weighted by molar-refractivity contribution is 6.30. The SMILES string of the molecule is CC1CN(c2ccc(Cl)c(F)c2)CCN1C(=O)c1cn(C)nn1. The molecule has 1 saturated heterocycles. The normalized spacial score (nSPS) is 18.3. The zero-order valence-corrected chi connectivity index (χ0v) is 13.7. The quantitative estimate of drug-likeness (QED) is 0.840. The fourth-order valence-electron chi connectivity index (χ4n) is 2.77. The molecule has 2 heterocycles. The lowest BCUT2D eigenvalue weighted by Crippen LogP contribution is -2.54. The van der Waals surface area contributed by atoms with Crippen molar-refractivity contribution in [2.75, 3.05) is 24.5 Å². The van der Waals surface area contributed by atoms with Crippen LogP contribution >= 0.6 is 11.6 Å². The molecule has 23 heavy (non-hydrogen) atoms. The van der Waals surface area contributed by atoms with Crippen molar-refractivity contribution in [3.63, 3.8) is 0 Å². The third kappa shape index (κ3) is 3.14. The Bertz CT molecular complexity index is 734. The number of hydrogen-bond donors (Lipinski definition) is 0. The summed E-state index contributed by atoms with van der Waals surface area (Å²) in [5.41, 5.74) is 1.11. The molecule has 1 unspecified atom stereocenters. The van der Waals surface area contributed by atoms with Gasteiger partial charge in [-0.25, -0.2) is 4.39 Å². The summed E-state index contributed by atoms with van der Waals surface area (Å²) in [6.07, 6.45) is 1.61. The van der Waals surface area contributed by atoms with Gasteiger partial charge in [-0.2, -0.15) is 0 Å². The molecule has 1 fully saturated rings. The average molecular weight is 338 g/mol. The molecular formula is C15H17ClFN5O. The van der Waals surface area contributed by atoms with Crippen molar-refractivity contribution >= 4 is 23.2 Å². The maximum absolute atomic E-state index is 13.6. The van der Waals surface area contributed by atoms with Crippen molar-refractivity contribution < 1.29 is 9.18 Å². The fraction of sp³-hybridized carbons (Fsp3) is 0.400. The van der Waals surface area contributed by atoms with E-state index < -0.39 is 5.82 Å². The van der Waals surface area contributed by atoms with E-state index in [2.05, 4.69) is 10.3 Å². The fourth-order valence-corrected chi connectivity index (χ4v) is 2.89. The van der Waals surface area contributed by atoms with Gasteiger partial charge >= 0.3 is 0 Å². The third-order valence-electron chi connectivity index (χ3n) is 3.98. The Morgan fingerprint density at radius 3 is 2.78 bits per heavy atom. The number of hydrogen-bond acceptors (Lipinski definition) is 4. The van der Waals surface area contributed by atoms with Gasteiger partial charge in [0.2, 0.25) is 0 Å². The van der Waals surface area contributed by atoms with Crippen LogP contribution in [0.1, 0.15) is 17.4 Å². The Morgan fingerprint density at radius 1 is 1.39 bits per heavy atom. The lowest BCUT2D eigenvalue weighted by Gasteiger charge is -2.40. The van der Waals surface area contributed by atoms with Crippen LogP contribution in [0.15, 0.2) is 24.4 Å². The number of benzene rings is 1. The van der Waals surface area contributed by atoms with Gasteiger partial charge < -0.3 is 9.80 Å². The van der Waals surface area contributed by atoms with E-state index in [1.165, 1.54) is 10.7 Å². The smallest absolute Gasteiger partial charge is 0.276 e. The maximum atomic E-state index is 13.6. The summed E-state index contributed by atoms with van der Waals surface area (Å²) in [5, 5.41) is 7.77. The minimum atomic E-state index is -0.435. The minimum absolute atomic E-state index is 0.0167. The Labute approximate surface area is 138 Å². The summed E-state index contributed by atoms with van der Waals surface area (Å²) in [5.74, 6) is -0.567. The van der Waals surface area contributed by atoms with Gasteiger partial charge in [0.05, 0.1) is 11.2 Å². The summed E-state index contributed by atoms with van der Waals surface area (Å²) >= 11 is 5.72. The molecule has 1 aromatic carbocycles. The van der Waals surface area contributed by atoms with E-state index in [1.807, 2.05) is 11.8 Å². The van der Waals surface area contributed by atoms with Crippen LogP contribution in [0.5, 0.6) is 0 Å². The number of carbonyl (C=O) groups is 1. The number of amides is 1. The zero-order chi connectivity index (χ0) is 16.6. The molecule has 1 aromatic heterocycles. The lowest BCUT2D eigenvalue weighted by atomic mass is 10.1. The molecule has 1 aliphatic heterocycles. The minimum Gasteiger partial charge on any atom is -0.368 e. The molecular weight excluding hydrogens is 321 g/mol. The molecule has 1 aliphatic rings. The number of piperazine rings is 1. The molecule has 0 aliphatic carbocycles. The van der Waals surface area contributed by atoms with Gasteiger partial charge in [0.1, 0.15) is 5.82 Å². The van der Waals surface area contributed by atoms with Crippen molar-refractivity contribution in [2.24, 2.45) is 7.05 Å². The van der Waals surface area contributed by atoms with Gasteiger partial charge in [0.25, 0.3) is 5.91 Å². The predicted octanol–water partition coefficient (Wildman–Crippen LogP) is 1.96. The molecule has 2 aromatic rings. The van der Waals surface area contributed by atoms with Crippen LogP contribution in [0.4, 0.5) is 10.1 Å². The molecule has 122 valence electrons. The molecule has 8 heteroatoms. The molecule has 0 N–H and O–H groups in total. The first-order valence-corrected chi connectivity index (χ1v) is 7.71. The van der Waals surface area contributed by atoms with E-state index in [-0.39, 0.29) is 17.0 Å². The van der Waals surface area contributed by atoms with Crippen LogP contribution in [-0.2, 0) is 7.05 Å². The van der Waals surface area contributed by atoms with Gasteiger partial charge in [-0.05, 0) is 25.1 Å². The molecule has 0 spiro atoms. The van der Waals surface area contributed by atoms with Crippen molar-refractivity contribution in [3.05, 3.63) is 40.9 Å². The van der Waals surface area contributed by atoms with E-state index in [0.29, 0.717) is 25.3 Å². The van der Waals surface area contributed by atoms with Crippen LogP contribution in [0.3, 0.4) is 0 Å². The van der Waals surface area contributed by atoms with Crippen molar-refractivity contribution in [1.82, 2.24) is 19.9 Å². The topological polar surface area (TPSA) is 54.3 Å². The summed E-state index contributed by atoms with van der Waals surface area (Å²) < 4.78 is 15.1. The third-order valence-corrected chi connectivity index (χ3v) is 4.28. The molecule has 0 bridgehead atoms. The number of aryl methyl sites for hydroxylation is 1. The predicted molar refractivity (Wildman–Crippen MR) is 85.1 cm³/mol. The number of anilines is 1. The maximum Gasteiger partial charge on any atom is 0.276 e. The lowest BCUT2D eigenvalue weighted by molar-refractivity contribution is 0.0668. The Morgan fingerprint density at radius 2 is 2.17 bits per heavy atom. The van der Waals surface area contributed by atoms with Gasteiger partial charge in [-0.3, -0.25) is 9.48 Å². The van der Waals surface area contributed by atoms with Gasteiger partial charge in [0.15, 0.2) is 5.69 Å². The van der Waals surface area contributed by atoms with Gasteiger partial charge in [-0.15, -0.1) is 5.10 Å². The second kappa shape index (κ2) is 6.16. The molecule has 1 amide bonds.